The minimum Gasteiger partial charge on any atom is -0.453 e. The van der Waals surface area contributed by atoms with Crippen LogP contribution in [0.3, 0.4) is 0 Å². The fraction of sp³-hybridized carbons (Fsp3) is 0.240. The number of hydrazone groups is 1. The Morgan fingerprint density at radius 3 is 2.45 bits per heavy atom. The molecular formula is C25H22Cl2N2O4. The molecule has 1 aromatic heterocycles. The average molecular weight is 485 g/mol. The van der Waals surface area contributed by atoms with Crippen LogP contribution < -0.4 is 10.2 Å². The van der Waals surface area contributed by atoms with E-state index in [2.05, 4.69) is 10.5 Å². The van der Waals surface area contributed by atoms with Crippen molar-refractivity contribution in [1.82, 2.24) is 5.43 Å². The fourth-order valence-electron chi connectivity index (χ4n) is 3.92. The van der Waals surface area contributed by atoms with E-state index in [1.165, 1.54) is 0 Å². The standard InChI is InChI=1S/C25H22Cl2N2O4/c1-13-11-16(12-14(2)22(13)27)32-25(31)23-15(3)21-19(9-6-10-20(21)33-23)28-29-24(30)17-7-4-5-8-18(17)26/h4-5,7-8,11-12H,6,9-10H2,1-3H3,(H,29,30)/b28-19+. The van der Waals surface area contributed by atoms with Gasteiger partial charge in [-0.2, -0.15) is 5.10 Å². The van der Waals surface area contributed by atoms with Crippen molar-refractivity contribution in [2.75, 3.05) is 0 Å². The van der Waals surface area contributed by atoms with Gasteiger partial charge in [-0.3, -0.25) is 4.79 Å². The summed E-state index contributed by atoms with van der Waals surface area (Å²) in [7, 11) is 0. The van der Waals surface area contributed by atoms with E-state index in [-0.39, 0.29) is 5.76 Å². The van der Waals surface area contributed by atoms with Crippen molar-refractivity contribution in [2.45, 2.75) is 40.0 Å². The normalized spacial score (nSPS) is 14.2. The summed E-state index contributed by atoms with van der Waals surface area (Å²) in [6, 6.07) is 10.2. The van der Waals surface area contributed by atoms with E-state index in [0.29, 0.717) is 51.2 Å². The molecule has 0 bridgehead atoms. The molecule has 0 saturated carbocycles. The molecule has 8 heteroatoms. The molecule has 2 aromatic carbocycles. The number of rotatable bonds is 4. The topological polar surface area (TPSA) is 80.9 Å². The first-order valence-corrected chi connectivity index (χ1v) is 11.2. The third kappa shape index (κ3) is 4.68. The summed E-state index contributed by atoms with van der Waals surface area (Å²) in [5, 5.41) is 5.31. The molecule has 0 radical (unpaired) electrons. The number of esters is 1. The number of carbonyl (C=O) groups excluding carboxylic acids is 2. The first kappa shape index (κ1) is 23.1. The van der Waals surface area contributed by atoms with Crippen LogP contribution in [-0.4, -0.2) is 17.6 Å². The molecule has 6 nitrogen and oxygen atoms in total. The van der Waals surface area contributed by atoms with Crippen LogP contribution in [0.4, 0.5) is 0 Å². The lowest BCUT2D eigenvalue weighted by Gasteiger charge is -2.13. The highest BCUT2D eigenvalue weighted by molar-refractivity contribution is 6.33. The van der Waals surface area contributed by atoms with Crippen molar-refractivity contribution in [1.29, 1.82) is 0 Å². The number of aryl methyl sites for hydroxylation is 3. The third-order valence-corrected chi connectivity index (χ3v) is 6.47. The van der Waals surface area contributed by atoms with Gasteiger partial charge in [0.15, 0.2) is 0 Å². The van der Waals surface area contributed by atoms with Crippen molar-refractivity contribution in [3.63, 3.8) is 0 Å². The van der Waals surface area contributed by atoms with Crippen LogP contribution in [0.15, 0.2) is 45.9 Å². The molecule has 170 valence electrons. The van der Waals surface area contributed by atoms with Crippen molar-refractivity contribution >= 4 is 40.8 Å². The van der Waals surface area contributed by atoms with Crippen LogP contribution in [0.2, 0.25) is 10.0 Å². The zero-order valence-electron chi connectivity index (χ0n) is 18.4. The van der Waals surface area contributed by atoms with Gasteiger partial charge in [0.05, 0.1) is 16.3 Å². The van der Waals surface area contributed by atoms with Crippen LogP contribution in [0.1, 0.15) is 61.8 Å². The Balaban J connectivity index is 1.58. The molecule has 1 amide bonds. The minimum atomic E-state index is -0.595. The Morgan fingerprint density at radius 2 is 1.76 bits per heavy atom. The fourth-order valence-corrected chi connectivity index (χ4v) is 4.25. The number of amides is 1. The van der Waals surface area contributed by atoms with Crippen molar-refractivity contribution in [2.24, 2.45) is 5.10 Å². The molecule has 0 fully saturated rings. The van der Waals surface area contributed by atoms with Gasteiger partial charge in [-0.25, -0.2) is 10.2 Å². The first-order chi connectivity index (χ1) is 15.8. The first-order valence-electron chi connectivity index (χ1n) is 10.5. The Hall–Kier alpha value is -3.09. The number of hydrogen-bond acceptors (Lipinski definition) is 5. The lowest BCUT2D eigenvalue weighted by molar-refractivity contribution is 0.0698. The van der Waals surface area contributed by atoms with Gasteiger partial charge < -0.3 is 9.15 Å². The summed E-state index contributed by atoms with van der Waals surface area (Å²) in [6.45, 7) is 5.49. The van der Waals surface area contributed by atoms with Gasteiger partial charge in [0.25, 0.3) is 5.91 Å². The number of ether oxygens (including phenoxy) is 1. The molecule has 3 aromatic rings. The predicted molar refractivity (Wildman–Crippen MR) is 128 cm³/mol. The highest BCUT2D eigenvalue weighted by Gasteiger charge is 2.29. The lowest BCUT2D eigenvalue weighted by Crippen LogP contribution is -2.22. The number of furan rings is 1. The smallest absolute Gasteiger partial charge is 0.379 e. The maximum atomic E-state index is 12.9. The summed E-state index contributed by atoms with van der Waals surface area (Å²) < 4.78 is 11.4. The molecular weight excluding hydrogens is 463 g/mol. The number of halogens is 2. The Kier molecular flexibility index (Phi) is 6.58. The summed E-state index contributed by atoms with van der Waals surface area (Å²) in [5.41, 5.74) is 6.55. The number of benzene rings is 2. The van der Waals surface area contributed by atoms with Crippen molar-refractivity contribution in [3.8, 4) is 5.75 Å². The third-order valence-electron chi connectivity index (χ3n) is 5.54. The van der Waals surface area contributed by atoms with E-state index in [1.54, 1.807) is 43.3 Å². The Labute approximate surface area is 201 Å². The second-order valence-electron chi connectivity index (χ2n) is 7.95. The molecule has 0 spiro atoms. The zero-order chi connectivity index (χ0) is 23.7. The van der Waals surface area contributed by atoms with Crippen LogP contribution in [0.5, 0.6) is 5.75 Å². The molecule has 4 rings (SSSR count). The SMILES string of the molecule is Cc1cc(OC(=O)c2oc3c(c2C)/C(=N/NC(=O)c2ccccc2Cl)CCC3)cc(C)c1Cl. The van der Waals surface area contributed by atoms with E-state index in [4.69, 9.17) is 32.4 Å². The molecule has 0 saturated heterocycles. The molecule has 1 aliphatic carbocycles. The minimum absolute atomic E-state index is 0.122. The summed E-state index contributed by atoms with van der Waals surface area (Å²) in [6.07, 6.45) is 2.09. The predicted octanol–water partition coefficient (Wildman–Crippen LogP) is 6.20. The lowest BCUT2D eigenvalue weighted by atomic mass is 9.93. The number of carbonyl (C=O) groups is 2. The molecule has 0 atom stereocenters. The molecule has 1 N–H and O–H groups in total. The number of fused-ring (bicyclic) bond motifs is 1. The average Bonchev–Trinajstić information content (AvgIpc) is 3.13. The van der Waals surface area contributed by atoms with E-state index in [1.807, 2.05) is 13.8 Å². The van der Waals surface area contributed by atoms with Gasteiger partial charge >= 0.3 is 5.97 Å². The Bertz CT molecular complexity index is 1270. The molecule has 33 heavy (non-hydrogen) atoms. The van der Waals surface area contributed by atoms with Gasteiger partial charge in [-0.1, -0.05) is 35.3 Å². The quantitative estimate of drug-likeness (QED) is 0.271. The van der Waals surface area contributed by atoms with Gasteiger partial charge in [0.1, 0.15) is 11.5 Å². The van der Waals surface area contributed by atoms with Crippen molar-refractivity contribution < 1.29 is 18.7 Å². The number of nitrogens with zero attached hydrogens (tertiary/aromatic N) is 1. The summed E-state index contributed by atoms with van der Waals surface area (Å²) in [5.74, 6) is 0.170. The molecule has 0 unspecified atom stereocenters. The van der Waals surface area contributed by atoms with Crippen LogP contribution in [0.25, 0.3) is 0 Å². The maximum absolute atomic E-state index is 12.9. The Morgan fingerprint density at radius 1 is 1.06 bits per heavy atom. The monoisotopic (exact) mass is 484 g/mol. The van der Waals surface area contributed by atoms with Crippen molar-refractivity contribution in [3.05, 3.63) is 85.8 Å². The summed E-state index contributed by atoms with van der Waals surface area (Å²) in [4.78, 5) is 25.4. The zero-order valence-corrected chi connectivity index (χ0v) is 19.9. The molecule has 0 aliphatic heterocycles. The highest BCUT2D eigenvalue weighted by atomic mass is 35.5. The van der Waals surface area contributed by atoms with Gasteiger partial charge in [-0.15, -0.1) is 0 Å². The van der Waals surface area contributed by atoms with Crippen LogP contribution in [-0.2, 0) is 6.42 Å². The molecule has 1 heterocycles. The van der Waals surface area contributed by atoms with Gasteiger partial charge in [0, 0.05) is 22.6 Å². The van der Waals surface area contributed by atoms with Gasteiger partial charge in [-0.05, 0) is 69.0 Å². The van der Waals surface area contributed by atoms with Crippen LogP contribution in [0, 0.1) is 20.8 Å². The van der Waals surface area contributed by atoms with E-state index < -0.39 is 11.9 Å². The highest BCUT2D eigenvalue weighted by Crippen LogP contribution is 2.31. The number of nitrogens with one attached hydrogen (secondary N) is 1. The van der Waals surface area contributed by atoms with E-state index in [0.717, 1.165) is 23.1 Å². The number of hydrogen-bond donors (Lipinski definition) is 1. The van der Waals surface area contributed by atoms with Crippen LogP contribution >= 0.6 is 23.2 Å². The summed E-state index contributed by atoms with van der Waals surface area (Å²) >= 11 is 12.3. The molecule has 1 aliphatic rings. The van der Waals surface area contributed by atoms with Gasteiger partial charge in [0.2, 0.25) is 5.76 Å². The van der Waals surface area contributed by atoms with E-state index in [9.17, 15) is 9.59 Å². The second kappa shape index (κ2) is 9.41. The largest absolute Gasteiger partial charge is 0.453 e. The van der Waals surface area contributed by atoms with E-state index >= 15 is 0 Å². The second-order valence-corrected chi connectivity index (χ2v) is 8.73. The maximum Gasteiger partial charge on any atom is 0.379 e.